The first-order valence-corrected chi connectivity index (χ1v) is 7.44. The smallest absolute Gasteiger partial charge is 0.200 e. The lowest BCUT2D eigenvalue weighted by molar-refractivity contribution is 0.162. The lowest BCUT2D eigenvalue weighted by Gasteiger charge is -2.25. The van der Waals surface area contributed by atoms with Crippen LogP contribution < -0.4 is 10.5 Å². The minimum atomic E-state index is -0.999. The van der Waals surface area contributed by atoms with Crippen LogP contribution in [0.15, 0.2) is 46.9 Å². The van der Waals surface area contributed by atoms with Crippen LogP contribution in [0.4, 0.5) is 8.78 Å². The Hall–Kier alpha value is -1.46. The molecule has 112 valence electrons. The van der Waals surface area contributed by atoms with Crippen molar-refractivity contribution in [2.75, 3.05) is 0 Å². The number of rotatable bonds is 5. The number of nitrogens with two attached hydrogens (primary N) is 1. The lowest BCUT2D eigenvalue weighted by atomic mass is 10.0. The van der Waals surface area contributed by atoms with Gasteiger partial charge in [0.1, 0.15) is 6.10 Å². The molecule has 2 rings (SSSR count). The highest BCUT2D eigenvalue weighted by molar-refractivity contribution is 9.10. The zero-order valence-electron chi connectivity index (χ0n) is 11.5. The zero-order chi connectivity index (χ0) is 15.4. The maximum absolute atomic E-state index is 13.8. The molecule has 2 aromatic carbocycles. The van der Waals surface area contributed by atoms with Crippen molar-refractivity contribution in [1.29, 1.82) is 0 Å². The Morgan fingerprint density at radius 3 is 2.57 bits per heavy atom. The first kappa shape index (κ1) is 15.9. The van der Waals surface area contributed by atoms with Crippen molar-refractivity contribution >= 4 is 15.9 Å². The molecule has 0 saturated heterocycles. The SMILES string of the molecule is CCC(N)C(Oc1cccc(F)c1F)c1cccc(Br)c1. The zero-order valence-corrected chi connectivity index (χ0v) is 13.1. The third kappa shape index (κ3) is 3.80. The summed E-state index contributed by atoms with van der Waals surface area (Å²) in [6.45, 7) is 1.92. The van der Waals surface area contributed by atoms with Crippen LogP contribution in [0.2, 0.25) is 0 Å². The molecule has 0 aliphatic heterocycles. The standard InChI is InChI=1S/C16H16BrF2NO/c1-2-13(20)16(10-5-3-6-11(17)9-10)21-14-8-4-7-12(18)15(14)19/h3-9,13,16H,2,20H2,1H3. The summed E-state index contributed by atoms with van der Waals surface area (Å²) in [5.41, 5.74) is 6.89. The molecule has 0 bridgehead atoms. The largest absolute Gasteiger partial charge is 0.481 e. The Morgan fingerprint density at radius 1 is 1.19 bits per heavy atom. The molecule has 21 heavy (non-hydrogen) atoms. The van der Waals surface area contributed by atoms with Crippen LogP contribution in [0.5, 0.6) is 5.75 Å². The number of hydrogen-bond acceptors (Lipinski definition) is 2. The van der Waals surface area contributed by atoms with E-state index < -0.39 is 17.7 Å². The summed E-state index contributed by atoms with van der Waals surface area (Å²) in [5.74, 6) is -2.07. The highest BCUT2D eigenvalue weighted by atomic mass is 79.9. The maximum Gasteiger partial charge on any atom is 0.200 e. The van der Waals surface area contributed by atoms with Crippen LogP contribution in [0.1, 0.15) is 25.0 Å². The third-order valence-corrected chi connectivity index (χ3v) is 3.70. The fourth-order valence-corrected chi connectivity index (χ4v) is 2.43. The fraction of sp³-hybridized carbons (Fsp3) is 0.250. The van der Waals surface area contributed by atoms with E-state index in [9.17, 15) is 8.78 Å². The highest BCUT2D eigenvalue weighted by Gasteiger charge is 2.23. The van der Waals surface area contributed by atoms with Crippen LogP contribution in [0, 0.1) is 11.6 Å². The Labute approximate surface area is 131 Å². The second-order valence-corrected chi connectivity index (χ2v) is 5.63. The topological polar surface area (TPSA) is 35.2 Å². The van der Waals surface area contributed by atoms with E-state index >= 15 is 0 Å². The van der Waals surface area contributed by atoms with Crippen molar-refractivity contribution in [3.05, 3.63) is 64.1 Å². The van der Waals surface area contributed by atoms with Gasteiger partial charge in [-0.1, -0.05) is 41.1 Å². The average molecular weight is 356 g/mol. The van der Waals surface area contributed by atoms with Gasteiger partial charge in [-0.15, -0.1) is 0 Å². The molecular formula is C16H16BrF2NO. The van der Waals surface area contributed by atoms with E-state index in [0.29, 0.717) is 6.42 Å². The lowest BCUT2D eigenvalue weighted by Crippen LogP contribution is -2.31. The molecule has 2 nitrogen and oxygen atoms in total. The predicted octanol–water partition coefficient (Wildman–Crippen LogP) is 4.58. The van der Waals surface area contributed by atoms with Gasteiger partial charge in [-0.3, -0.25) is 0 Å². The molecular weight excluding hydrogens is 340 g/mol. The van der Waals surface area contributed by atoms with E-state index in [0.717, 1.165) is 16.1 Å². The van der Waals surface area contributed by atoms with Crippen LogP contribution in [0.3, 0.4) is 0 Å². The van der Waals surface area contributed by atoms with Crippen LogP contribution >= 0.6 is 15.9 Å². The van der Waals surface area contributed by atoms with Gasteiger partial charge in [0.15, 0.2) is 11.6 Å². The summed E-state index contributed by atoms with van der Waals surface area (Å²) in [4.78, 5) is 0. The second-order valence-electron chi connectivity index (χ2n) is 4.72. The summed E-state index contributed by atoms with van der Waals surface area (Å²) < 4.78 is 33.6. The molecule has 0 aliphatic carbocycles. The minimum absolute atomic E-state index is 0.135. The van der Waals surface area contributed by atoms with Crippen LogP contribution in [-0.4, -0.2) is 6.04 Å². The van der Waals surface area contributed by atoms with Crippen molar-refractivity contribution in [1.82, 2.24) is 0 Å². The van der Waals surface area contributed by atoms with Crippen molar-refractivity contribution < 1.29 is 13.5 Å². The molecule has 0 spiro atoms. The van der Waals surface area contributed by atoms with Crippen molar-refractivity contribution in [2.45, 2.75) is 25.5 Å². The molecule has 0 amide bonds. The maximum atomic E-state index is 13.8. The van der Waals surface area contributed by atoms with E-state index in [1.807, 2.05) is 31.2 Å². The van der Waals surface area contributed by atoms with Gasteiger partial charge >= 0.3 is 0 Å². The normalized spacial score (nSPS) is 13.8. The molecule has 0 fully saturated rings. The molecule has 2 N–H and O–H groups in total. The van der Waals surface area contributed by atoms with Gasteiger partial charge in [0, 0.05) is 10.5 Å². The number of benzene rings is 2. The molecule has 0 radical (unpaired) electrons. The van der Waals surface area contributed by atoms with Gasteiger partial charge in [0.25, 0.3) is 0 Å². The van der Waals surface area contributed by atoms with E-state index in [4.69, 9.17) is 10.5 Å². The Bertz CT molecular complexity index is 621. The third-order valence-electron chi connectivity index (χ3n) is 3.21. The summed E-state index contributed by atoms with van der Waals surface area (Å²) >= 11 is 3.38. The van der Waals surface area contributed by atoms with Gasteiger partial charge in [-0.25, -0.2) is 4.39 Å². The first-order chi connectivity index (χ1) is 10.0. The highest BCUT2D eigenvalue weighted by Crippen LogP contribution is 2.29. The quantitative estimate of drug-likeness (QED) is 0.851. The molecule has 2 atom stereocenters. The molecule has 2 aromatic rings. The first-order valence-electron chi connectivity index (χ1n) is 6.64. The molecule has 0 aromatic heterocycles. The monoisotopic (exact) mass is 355 g/mol. The summed E-state index contributed by atoms with van der Waals surface area (Å²) in [6.07, 6.45) is 0.0949. The predicted molar refractivity (Wildman–Crippen MR) is 82.1 cm³/mol. The van der Waals surface area contributed by atoms with Crippen LogP contribution in [0.25, 0.3) is 0 Å². The van der Waals surface area contributed by atoms with E-state index in [2.05, 4.69) is 15.9 Å². The molecule has 0 aliphatic rings. The molecule has 0 heterocycles. The van der Waals surface area contributed by atoms with Crippen molar-refractivity contribution in [2.24, 2.45) is 5.73 Å². The molecule has 5 heteroatoms. The average Bonchev–Trinajstić information content (AvgIpc) is 2.48. The second kappa shape index (κ2) is 7.00. The van der Waals surface area contributed by atoms with Gasteiger partial charge in [0.05, 0.1) is 0 Å². The summed E-state index contributed by atoms with van der Waals surface area (Å²) in [5, 5.41) is 0. The number of hydrogen-bond donors (Lipinski definition) is 1. The van der Waals surface area contributed by atoms with Gasteiger partial charge in [-0.05, 0) is 36.2 Å². The Morgan fingerprint density at radius 2 is 1.90 bits per heavy atom. The molecule has 0 saturated carbocycles. The number of halogens is 3. The Kier molecular flexibility index (Phi) is 5.31. The van der Waals surface area contributed by atoms with E-state index in [1.54, 1.807) is 0 Å². The van der Waals surface area contributed by atoms with E-state index in [-0.39, 0.29) is 11.8 Å². The van der Waals surface area contributed by atoms with Gasteiger partial charge < -0.3 is 10.5 Å². The Balaban J connectivity index is 2.35. The number of ether oxygens (including phenoxy) is 1. The summed E-state index contributed by atoms with van der Waals surface area (Å²) in [7, 11) is 0. The van der Waals surface area contributed by atoms with Crippen LogP contribution in [-0.2, 0) is 0 Å². The van der Waals surface area contributed by atoms with Crippen molar-refractivity contribution in [3.8, 4) is 5.75 Å². The van der Waals surface area contributed by atoms with Gasteiger partial charge in [-0.2, -0.15) is 4.39 Å². The molecule has 2 unspecified atom stereocenters. The fourth-order valence-electron chi connectivity index (χ4n) is 2.01. The van der Waals surface area contributed by atoms with E-state index in [1.165, 1.54) is 12.1 Å². The van der Waals surface area contributed by atoms with Gasteiger partial charge in [0.2, 0.25) is 5.82 Å². The minimum Gasteiger partial charge on any atom is -0.481 e. The summed E-state index contributed by atoms with van der Waals surface area (Å²) in [6, 6.07) is 11.0. The van der Waals surface area contributed by atoms with Crippen molar-refractivity contribution in [3.63, 3.8) is 0 Å².